The maximum Gasteiger partial charge on any atom is 0.338 e. The van der Waals surface area contributed by atoms with Crippen molar-refractivity contribution in [1.82, 2.24) is 4.57 Å². The van der Waals surface area contributed by atoms with E-state index in [0.717, 1.165) is 28.7 Å². The van der Waals surface area contributed by atoms with Crippen molar-refractivity contribution in [3.8, 4) is 5.69 Å². The molecule has 1 aromatic heterocycles. The molecule has 1 heterocycles. The van der Waals surface area contributed by atoms with E-state index in [-0.39, 0.29) is 11.7 Å². The van der Waals surface area contributed by atoms with Crippen molar-refractivity contribution in [2.24, 2.45) is 4.99 Å². The number of ether oxygens (including phenoxy) is 1. The molecule has 2 aromatic carbocycles. The Morgan fingerprint density at radius 1 is 1.11 bits per heavy atom. The number of rotatable bonds is 5. The first kappa shape index (κ1) is 19.5. The molecule has 3 rings (SSSR count). The summed E-state index contributed by atoms with van der Waals surface area (Å²) in [5.74, 6) is -1.70. The van der Waals surface area contributed by atoms with Gasteiger partial charge in [0, 0.05) is 34.9 Å². The molecule has 0 saturated carbocycles. The van der Waals surface area contributed by atoms with Gasteiger partial charge in [0.25, 0.3) is 0 Å². The number of benzene rings is 2. The third kappa shape index (κ3) is 4.01. The fraction of sp³-hybridized carbons (Fsp3) is 0.182. The van der Waals surface area contributed by atoms with Gasteiger partial charge < -0.3 is 9.30 Å². The summed E-state index contributed by atoms with van der Waals surface area (Å²) in [5.41, 5.74) is 4.13. The normalized spacial score (nSPS) is 11.2. The van der Waals surface area contributed by atoms with Crippen molar-refractivity contribution in [3.05, 3.63) is 82.7 Å². The Morgan fingerprint density at radius 2 is 1.82 bits per heavy atom. The van der Waals surface area contributed by atoms with Gasteiger partial charge in [-0.3, -0.25) is 4.99 Å². The second-order valence-electron chi connectivity index (χ2n) is 6.28. The number of hydrogen-bond donors (Lipinski definition) is 0. The number of halogens is 2. The van der Waals surface area contributed by atoms with Crippen LogP contribution in [0.4, 0.5) is 14.5 Å². The fourth-order valence-electron chi connectivity index (χ4n) is 3.00. The van der Waals surface area contributed by atoms with E-state index in [2.05, 4.69) is 4.99 Å². The molecule has 0 aliphatic carbocycles. The first-order chi connectivity index (χ1) is 13.4. The Labute approximate surface area is 162 Å². The van der Waals surface area contributed by atoms with E-state index in [9.17, 15) is 13.6 Å². The molecular formula is C22H20F2N2O2. The second-order valence-corrected chi connectivity index (χ2v) is 6.28. The van der Waals surface area contributed by atoms with Crippen molar-refractivity contribution >= 4 is 17.9 Å². The quantitative estimate of drug-likeness (QED) is 0.444. The van der Waals surface area contributed by atoms with Gasteiger partial charge in [0.2, 0.25) is 0 Å². The zero-order valence-corrected chi connectivity index (χ0v) is 15.9. The lowest BCUT2D eigenvalue weighted by molar-refractivity contribution is 0.0526. The van der Waals surface area contributed by atoms with Crippen molar-refractivity contribution < 1.29 is 18.3 Å². The number of aryl methyl sites for hydroxylation is 1. The zero-order valence-electron chi connectivity index (χ0n) is 15.9. The molecule has 144 valence electrons. The van der Waals surface area contributed by atoms with Gasteiger partial charge >= 0.3 is 5.97 Å². The van der Waals surface area contributed by atoms with Crippen LogP contribution in [0, 0.1) is 25.5 Å². The number of esters is 1. The van der Waals surface area contributed by atoms with Crippen LogP contribution in [-0.2, 0) is 4.74 Å². The smallest absolute Gasteiger partial charge is 0.338 e. The van der Waals surface area contributed by atoms with E-state index in [1.165, 1.54) is 12.1 Å². The van der Waals surface area contributed by atoms with E-state index in [1.54, 1.807) is 25.3 Å². The van der Waals surface area contributed by atoms with Gasteiger partial charge in [-0.25, -0.2) is 13.6 Å². The minimum Gasteiger partial charge on any atom is -0.462 e. The van der Waals surface area contributed by atoms with Crippen LogP contribution in [0.2, 0.25) is 0 Å². The summed E-state index contributed by atoms with van der Waals surface area (Å²) in [5, 5.41) is 0. The van der Waals surface area contributed by atoms with E-state index in [4.69, 9.17) is 4.74 Å². The average Bonchev–Trinajstić information content (AvgIpc) is 2.95. The Morgan fingerprint density at radius 3 is 2.46 bits per heavy atom. The third-order valence-electron chi connectivity index (χ3n) is 4.36. The molecule has 0 amide bonds. The maximum atomic E-state index is 13.8. The molecule has 0 fully saturated rings. The summed E-state index contributed by atoms with van der Waals surface area (Å²) in [6.07, 6.45) is 1.56. The molecule has 0 atom stereocenters. The third-order valence-corrected chi connectivity index (χ3v) is 4.36. The molecular weight excluding hydrogens is 362 g/mol. The summed E-state index contributed by atoms with van der Waals surface area (Å²) >= 11 is 0. The summed E-state index contributed by atoms with van der Waals surface area (Å²) in [4.78, 5) is 15.9. The lowest BCUT2D eigenvalue weighted by Gasteiger charge is -2.10. The molecule has 28 heavy (non-hydrogen) atoms. The van der Waals surface area contributed by atoms with Crippen molar-refractivity contribution in [1.29, 1.82) is 0 Å². The summed E-state index contributed by atoms with van der Waals surface area (Å²) in [7, 11) is 0. The highest BCUT2D eigenvalue weighted by Crippen LogP contribution is 2.22. The lowest BCUT2D eigenvalue weighted by Crippen LogP contribution is -2.05. The van der Waals surface area contributed by atoms with Gasteiger partial charge in [0.1, 0.15) is 5.82 Å². The van der Waals surface area contributed by atoms with Gasteiger partial charge in [-0.2, -0.15) is 0 Å². The van der Waals surface area contributed by atoms with Crippen LogP contribution in [0.15, 0.2) is 53.5 Å². The molecule has 0 N–H and O–H groups in total. The predicted molar refractivity (Wildman–Crippen MR) is 105 cm³/mol. The Balaban J connectivity index is 1.89. The Hall–Kier alpha value is -3.28. The van der Waals surface area contributed by atoms with Crippen molar-refractivity contribution in [2.45, 2.75) is 20.8 Å². The number of aliphatic imine (C=N–C) groups is 1. The molecule has 6 heteroatoms. The second kappa shape index (κ2) is 8.17. The van der Waals surface area contributed by atoms with Gasteiger partial charge in [-0.1, -0.05) is 0 Å². The van der Waals surface area contributed by atoms with Gasteiger partial charge in [0.15, 0.2) is 5.82 Å². The highest BCUT2D eigenvalue weighted by molar-refractivity contribution is 5.89. The van der Waals surface area contributed by atoms with Crippen LogP contribution in [-0.4, -0.2) is 23.4 Å². The number of aromatic nitrogens is 1. The highest BCUT2D eigenvalue weighted by Gasteiger charge is 2.12. The van der Waals surface area contributed by atoms with E-state index >= 15 is 0 Å². The molecule has 4 nitrogen and oxygen atoms in total. The topological polar surface area (TPSA) is 43.6 Å². The van der Waals surface area contributed by atoms with E-state index < -0.39 is 11.6 Å². The van der Waals surface area contributed by atoms with Gasteiger partial charge in [-0.05, 0) is 63.2 Å². The summed E-state index contributed by atoms with van der Waals surface area (Å²) < 4.78 is 33.8. The zero-order chi connectivity index (χ0) is 20.3. The molecule has 0 saturated heterocycles. The van der Waals surface area contributed by atoms with Crippen LogP contribution in [0.3, 0.4) is 0 Å². The molecule has 0 aliphatic rings. The number of hydrogen-bond acceptors (Lipinski definition) is 3. The predicted octanol–water partition coefficient (Wildman–Crippen LogP) is 5.30. The summed E-state index contributed by atoms with van der Waals surface area (Å²) in [6, 6.07) is 12.3. The minimum absolute atomic E-state index is 0.0741. The summed E-state index contributed by atoms with van der Waals surface area (Å²) in [6.45, 7) is 5.96. The average molecular weight is 382 g/mol. The van der Waals surface area contributed by atoms with Crippen molar-refractivity contribution in [2.75, 3.05) is 6.61 Å². The first-order valence-electron chi connectivity index (χ1n) is 8.86. The van der Waals surface area contributed by atoms with E-state index in [0.29, 0.717) is 12.2 Å². The lowest BCUT2D eigenvalue weighted by atomic mass is 10.2. The van der Waals surface area contributed by atoms with Gasteiger partial charge in [0.05, 0.1) is 17.9 Å². The van der Waals surface area contributed by atoms with Crippen LogP contribution in [0.25, 0.3) is 5.69 Å². The van der Waals surface area contributed by atoms with Crippen molar-refractivity contribution in [3.63, 3.8) is 0 Å². The molecule has 0 spiro atoms. The minimum atomic E-state index is -0.709. The fourth-order valence-corrected chi connectivity index (χ4v) is 3.00. The molecule has 0 unspecified atom stereocenters. The SMILES string of the molecule is CCOC(=O)c1ccc(-n2c(C)cc(C=Nc3ccc(F)cc3F)c2C)cc1. The molecule has 0 radical (unpaired) electrons. The molecule has 0 aliphatic heterocycles. The molecule has 0 bridgehead atoms. The maximum absolute atomic E-state index is 13.8. The molecule has 3 aromatic rings. The van der Waals surface area contributed by atoms with E-state index in [1.807, 2.05) is 36.6 Å². The Bertz CT molecular complexity index is 1040. The van der Waals surface area contributed by atoms with Crippen LogP contribution in [0.1, 0.15) is 34.2 Å². The monoisotopic (exact) mass is 382 g/mol. The van der Waals surface area contributed by atoms with Gasteiger partial charge in [-0.15, -0.1) is 0 Å². The standard InChI is InChI=1S/C22H20F2N2O2/c1-4-28-22(27)16-5-8-19(9-6-16)26-14(2)11-17(15(26)3)13-25-21-10-7-18(23)12-20(21)24/h5-13H,4H2,1-3H3. The highest BCUT2D eigenvalue weighted by atomic mass is 19.1. The first-order valence-corrected chi connectivity index (χ1v) is 8.86. The number of carbonyl (C=O) groups excluding carboxylic acids is 1. The number of carbonyl (C=O) groups is 1. The largest absolute Gasteiger partial charge is 0.462 e. The van der Waals surface area contributed by atoms with Crippen LogP contribution >= 0.6 is 0 Å². The number of nitrogens with zero attached hydrogens (tertiary/aromatic N) is 2. The van der Waals surface area contributed by atoms with Crippen LogP contribution in [0.5, 0.6) is 0 Å². The van der Waals surface area contributed by atoms with Crippen LogP contribution < -0.4 is 0 Å². The Kier molecular flexibility index (Phi) is 5.68.